The predicted octanol–water partition coefficient (Wildman–Crippen LogP) is 4.86. The summed E-state index contributed by atoms with van der Waals surface area (Å²) in [5.74, 6) is 5.60. The number of aromatic nitrogens is 5. The molecule has 0 aliphatic heterocycles. The molecule has 4 aliphatic carbocycles. The molecule has 3 fully saturated rings. The van der Waals surface area contributed by atoms with Gasteiger partial charge in [-0.2, -0.15) is 0 Å². The summed E-state index contributed by atoms with van der Waals surface area (Å²) in [7, 11) is 0. The van der Waals surface area contributed by atoms with Gasteiger partial charge in [0.1, 0.15) is 22.3 Å². The zero-order valence-corrected chi connectivity index (χ0v) is 17.5. The minimum atomic E-state index is 0.565. The number of hydrogen-bond donors (Lipinski definition) is 1. The lowest BCUT2D eigenvalue weighted by atomic mass is 9.97. The van der Waals surface area contributed by atoms with Crippen LogP contribution >= 0.6 is 11.3 Å². The highest BCUT2D eigenvalue weighted by atomic mass is 32.1. The summed E-state index contributed by atoms with van der Waals surface area (Å²) < 4.78 is 2.44. The SMILES string of the molecule is C1CCc2c(sc3nc(C4CC4)nc(NCc4nnc(C5CC5)n4C4CC4)c23)C1. The second-order valence-electron chi connectivity index (χ2n) is 9.30. The minimum Gasteiger partial charge on any atom is -0.362 e. The Bertz CT molecular complexity index is 1100. The predicted molar refractivity (Wildman–Crippen MR) is 114 cm³/mol. The third kappa shape index (κ3) is 2.88. The summed E-state index contributed by atoms with van der Waals surface area (Å²) in [5, 5.41) is 14.1. The maximum atomic E-state index is 5.03. The lowest BCUT2D eigenvalue weighted by Crippen LogP contribution is -2.12. The van der Waals surface area contributed by atoms with Crippen LogP contribution in [0.4, 0.5) is 5.82 Å². The molecule has 0 aromatic carbocycles. The molecule has 4 aliphatic rings. The number of hydrogen-bond acceptors (Lipinski definition) is 6. The quantitative estimate of drug-likeness (QED) is 0.633. The molecule has 29 heavy (non-hydrogen) atoms. The van der Waals surface area contributed by atoms with Crippen molar-refractivity contribution in [3.8, 4) is 0 Å². The first kappa shape index (κ1) is 16.7. The fourth-order valence-corrected chi connectivity index (χ4v) is 6.07. The van der Waals surface area contributed by atoms with Crippen molar-refractivity contribution in [2.75, 3.05) is 5.32 Å². The van der Waals surface area contributed by atoms with Crippen LogP contribution in [0.25, 0.3) is 10.2 Å². The minimum absolute atomic E-state index is 0.565. The van der Waals surface area contributed by atoms with Crippen molar-refractivity contribution in [1.82, 2.24) is 24.7 Å². The number of anilines is 1. The van der Waals surface area contributed by atoms with E-state index in [4.69, 9.17) is 9.97 Å². The van der Waals surface area contributed by atoms with Gasteiger partial charge in [0.05, 0.1) is 11.9 Å². The molecule has 150 valence electrons. The largest absolute Gasteiger partial charge is 0.362 e. The molecule has 3 saturated carbocycles. The highest BCUT2D eigenvalue weighted by Crippen LogP contribution is 2.45. The highest BCUT2D eigenvalue weighted by molar-refractivity contribution is 7.19. The maximum absolute atomic E-state index is 5.03. The summed E-state index contributed by atoms with van der Waals surface area (Å²) in [6.45, 7) is 0.705. The molecule has 6 nitrogen and oxygen atoms in total. The topological polar surface area (TPSA) is 68.5 Å². The molecule has 0 unspecified atom stereocenters. The van der Waals surface area contributed by atoms with E-state index < -0.39 is 0 Å². The zero-order chi connectivity index (χ0) is 18.9. The van der Waals surface area contributed by atoms with Gasteiger partial charge in [0, 0.05) is 22.8 Å². The molecule has 3 aromatic rings. The Labute approximate surface area is 174 Å². The van der Waals surface area contributed by atoms with Crippen LogP contribution in [-0.4, -0.2) is 24.7 Å². The molecule has 3 aromatic heterocycles. The fraction of sp³-hybridized carbons (Fsp3) is 0.636. The van der Waals surface area contributed by atoms with E-state index in [9.17, 15) is 0 Å². The van der Waals surface area contributed by atoms with Crippen LogP contribution in [0.3, 0.4) is 0 Å². The van der Waals surface area contributed by atoms with E-state index in [1.165, 1.54) is 90.7 Å². The molecule has 0 radical (unpaired) electrons. The van der Waals surface area contributed by atoms with Crippen molar-refractivity contribution in [2.45, 2.75) is 88.6 Å². The normalized spacial score (nSPS) is 21.5. The van der Waals surface area contributed by atoms with Crippen molar-refractivity contribution >= 4 is 27.4 Å². The Morgan fingerprint density at radius 2 is 1.76 bits per heavy atom. The van der Waals surface area contributed by atoms with Crippen LogP contribution < -0.4 is 5.32 Å². The van der Waals surface area contributed by atoms with Gasteiger partial charge in [-0.3, -0.25) is 0 Å². The standard InChI is InChI=1S/C22H26N6S/c1-2-4-16-15(3-1)18-20(24-19(12-5-6-12)25-22(18)29-16)23-11-17-26-27-21(13-7-8-13)28(17)14-9-10-14/h12-14H,1-11H2,(H,23,24,25). The number of rotatable bonds is 6. The molecule has 0 spiro atoms. The van der Waals surface area contributed by atoms with Crippen LogP contribution in [0, 0.1) is 0 Å². The first-order chi connectivity index (χ1) is 14.3. The summed E-state index contributed by atoms with van der Waals surface area (Å²) >= 11 is 1.90. The van der Waals surface area contributed by atoms with Gasteiger partial charge in [-0.25, -0.2) is 9.97 Å². The average molecular weight is 407 g/mol. The van der Waals surface area contributed by atoms with Crippen molar-refractivity contribution in [1.29, 1.82) is 0 Å². The van der Waals surface area contributed by atoms with E-state index >= 15 is 0 Å². The van der Waals surface area contributed by atoms with Gasteiger partial charge in [-0.1, -0.05) is 0 Å². The van der Waals surface area contributed by atoms with E-state index in [2.05, 4.69) is 20.1 Å². The van der Waals surface area contributed by atoms with Crippen molar-refractivity contribution in [3.05, 3.63) is 27.9 Å². The van der Waals surface area contributed by atoms with Crippen LogP contribution in [0.1, 0.15) is 97.2 Å². The molecular formula is C22H26N6S. The molecule has 7 rings (SSSR count). The zero-order valence-electron chi connectivity index (χ0n) is 16.7. The van der Waals surface area contributed by atoms with Gasteiger partial charge in [0.2, 0.25) is 0 Å². The fourth-order valence-electron chi connectivity index (χ4n) is 4.80. The molecule has 0 atom stereocenters. The van der Waals surface area contributed by atoms with Crippen molar-refractivity contribution in [3.63, 3.8) is 0 Å². The monoisotopic (exact) mass is 406 g/mol. The van der Waals surface area contributed by atoms with Gasteiger partial charge < -0.3 is 9.88 Å². The lowest BCUT2D eigenvalue weighted by molar-refractivity contribution is 0.650. The summed E-state index contributed by atoms with van der Waals surface area (Å²) in [4.78, 5) is 12.7. The van der Waals surface area contributed by atoms with Crippen LogP contribution in [0.5, 0.6) is 0 Å². The summed E-state index contributed by atoms with van der Waals surface area (Å²) in [6, 6.07) is 0.624. The first-order valence-corrected chi connectivity index (χ1v) is 12.2. The second-order valence-corrected chi connectivity index (χ2v) is 10.4. The van der Waals surface area contributed by atoms with Crippen LogP contribution in [-0.2, 0) is 19.4 Å². The van der Waals surface area contributed by atoms with Crippen LogP contribution in [0.2, 0.25) is 0 Å². The number of aryl methyl sites for hydroxylation is 2. The number of nitrogens with zero attached hydrogens (tertiary/aromatic N) is 5. The van der Waals surface area contributed by atoms with Gasteiger partial charge in [0.25, 0.3) is 0 Å². The molecule has 7 heteroatoms. The van der Waals surface area contributed by atoms with Gasteiger partial charge >= 0.3 is 0 Å². The lowest BCUT2D eigenvalue weighted by Gasteiger charge is -2.14. The third-order valence-corrected chi connectivity index (χ3v) is 8.02. The summed E-state index contributed by atoms with van der Waals surface area (Å²) in [5.41, 5.74) is 1.50. The van der Waals surface area contributed by atoms with Crippen molar-refractivity contribution in [2.24, 2.45) is 0 Å². The van der Waals surface area contributed by atoms with E-state index in [0.29, 0.717) is 24.4 Å². The molecule has 0 saturated heterocycles. The Kier molecular flexibility index (Phi) is 3.60. The van der Waals surface area contributed by atoms with Gasteiger partial charge in [-0.05, 0) is 69.8 Å². The molecule has 0 bridgehead atoms. The van der Waals surface area contributed by atoms with Crippen molar-refractivity contribution < 1.29 is 0 Å². The number of fused-ring (bicyclic) bond motifs is 3. The second kappa shape index (κ2) is 6.24. The third-order valence-electron chi connectivity index (χ3n) is 6.84. The van der Waals surface area contributed by atoms with Gasteiger partial charge in [-0.15, -0.1) is 21.5 Å². The van der Waals surface area contributed by atoms with E-state index in [-0.39, 0.29) is 0 Å². The Morgan fingerprint density at radius 3 is 2.55 bits per heavy atom. The van der Waals surface area contributed by atoms with E-state index in [0.717, 1.165) is 17.5 Å². The summed E-state index contributed by atoms with van der Waals surface area (Å²) in [6.07, 6.45) is 12.5. The van der Waals surface area contributed by atoms with E-state index in [1.54, 1.807) is 0 Å². The molecular weight excluding hydrogens is 380 g/mol. The highest BCUT2D eigenvalue weighted by Gasteiger charge is 2.36. The smallest absolute Gasteiger partial charge is 0.152 e. The molecule has 3 heterocycles. The maximum Gasteiger partial charge on any atom is 0.152 e. The van der Waals surface area contributed by atoms with Crippen LogP contribution in [0.15, 0.2) is 0 Å². The first-order valence-electron chi connectivity index (χ1n) is 11.3. The van der Waals surface area contributed by atoms with E-state index in [1.807, 2.05) is 11.3 Å². The average Bonchev–Trinajstić information content (AvgIpc) is 3.60. The Hall–Kier alpha value is -2.02. The Morgan fingerprint density at radius 1 is 0.931 bits per heavy atom. The number of thiophene rings is 1. The molecule has 0 amide bonds. The Balaban J connectivity index is 1.27. The number of nitrogens with one attached hydrogen (secondary N) is 1. The molecule has 1 N–H and O–H groups in total. The van der Waals surface area contributed by atoms with Gasteiger partial charge in [0.15, 0.2) is 5.82 Å².